The van der Waals surface area contributed by atoms with Crippen LogP contribution in [0.3, 0.4) is 0 Å². The number of carbonyl (C=O) groups is 2. The van der Waals surface area contributed by atoms with Crippen molar-refractivity contribution in [3.05, 3.63) is 23.7 Å². The first-order valence-corrected chi connectivity index (χ1v) is 8.87. The van der Waals surface area contributed by atoms with Gasteiger partial charge in [0, 0.05) is 38.3 Å². The first-order chi connectivity index (χ1) is 11.6. The predicted molar refractivity (Wildman–Crippen MR) is 86.5 cm³/mol. The number of nitrogens with zero attached hydrogens (tertiary/aromatic N) is 2. The normalized spacial score (nSPS) is 27.8. The van der Waals surface area contributed by atoms with Crippen molar-refractivity contribution in [1.29, 1.82) is 0 Å². The lowest BCUT2D eigenvalue weighted by Gasteiger charge is -2.30. The Morgan fingerprint density at radius 2 is 2.04 bits per heavy atom. The molecule has 0 spiro atoms. The standard InChI is InChI=1S/C18H24N2O4/c1-12-3-9-24-17(12)18(22)19-6-2-14-15(19)10-16(21)20(14)11-13-4-7-23-8-5-13/h3,9,13-15H,2,4-8,10-11H2,1H3/t14-,15+/m1/s1. The third kappa shape index (κ3) is 2.62. The maximum absolute atomic E-state index is 12.8. The van der Waals surface area contributed by atoms with Gasteiger partial charge in [0.05, 0.1) is 18.3 Å². The first kappa shape index (κ1) is 15.7. The van der Waals surface area contributed by atoms with Gasteiger partial charge in [-0.05, 0) is 38.2 Å². The zero-order valence-corrected chi connectivity index (χ0v) is 14.1. The lowest BCUT2D eigenvalue weighted by atomic mass is 9.99. The predicted octanol–water partition coefficient (Wildman–Crippen LogP) is 1.83. The summed E-state index contributed by atoms with van der Waals surface area (Å²) in [4.78, 5) is 29.2. The van der Waals surface area contributed by atoms with Crippen LogP contribution in [-0.4, -0.2) is 60.0 Å². The zero-order valence-electron chi connectivity index (χ0n) is 14.1. The molecule has 0 saturated carbocycles. The lowest BCUT2D eigenvalue weighted by Crippen LogP contribution is -2.42. The van der Waals surface area contributed by atoms with E-state index in [1.54, 1.807) is 12.3 Å². The highest BCUT2D eigenvalue weighted by atomic mass is 16.5. The van der Waals surface area contributed by atoms with Gasteiger partial charge in [-0.3, -0.25) is 9.59 Å². The molecule has 0 aliphatic carbocycles. The average molecular weight is 332 g/mol. The number of fused-ring (bicyclic) bond motifs is 1. The second kappa shape index (κ2) is 6.24. The van der Waals surface area contributed by atoms with Crippen molar-refractivity contribution in [2.75, 3.05) is 26.3 Å². The molecule has 6 heteroatoms. The van der Waals surface area contributed by atoms with Gasteiger partial charge in [0.25, 0.3) is 5.91 Å². The van der Waals surface area contributed by atoms with Gasteiger partial charge in [0.1, 0.15) is 0 Å². The second-order valence-electron chi connectivity index (χ2n) is 7.16. The largest absolute Gasteiger partial charge is 0.459 e. The number of rotatable bonds is 3. The summed E-state index contributed by atoms with van der Waals surface area (Å²) >= 11 is 0. The molecule has 1 aromatic rings. The van der Waals surface area contributed by atoms with E-state index in [0.717, 1.165) is 44.6 Å². The van der Waals surface area contributed by atoms with Crippen molar-refractivity contribution in [1.82, 2.24) is 9.80 Å². The van der Waals surface area contributed by atoms with Crippen LogP contribution in [0, 0.1) is 12.8 Å². The van der Waals surface area contributed by atoms with Crippen LogP contribution in [0.1, 0.15) is 41.8 Å². The summed E-state index contributed by atoms with van der Waals surface area (Å²) in [6.45, 7) is 4.98. The van der Waals surface area contributed by atoms with E-state index in [-0.39, 0.29) is 23.9 Å². The summed E-state index contributed by atoms with van der Waals surface area (Å²) in [7, 11) is 0. The van der Waals surface area contributed by atoms with E-state index in [0.29, 0.717) is 24.6 Å². The highest BCUT2D eigenvalue weighted by Gasteiger charge is 2.49. The van der Waals surface area contributed by atoms with Crippen LogP contribution in [-0.2, 0) is 9.53 Å². The SMILES string of the molecule is Cc1ccoc1C(=O)N1CC[C@@H]2[C@@H]1CC(=O)N2CC1CCOCC1. The summed E-state index contributed by atoms with van der Waals surface area (Å²) in [5.74, 6) is 1.04. The van der Waals surface area contributed by atoms with Crippen molar-refractivity contribution < 1.29 is 18.7 Å². The van der Waals surface area contributed by atoms with Crippen LogP contribution < -0.4 is 0 Å². The monoisotopic (exact) mass is 332 g/mol. The van der Waals surface area contributed by atoms with Gasteiger partial charge < -0.3 is 19.0 Å². The minimum atomic E-state index is -0.0780. The molecular weight excluding hydrogens is 308 g/mol. The molecule has 1 aromatic heterocycles. The van der Waals surface area contributed by atoms with Crippen LogP contribution in [0.25, 0.3) is 0 Å². The van der Waals surface area contributed by atoms with Gasteiger partial charge in [-0.2, -0.15) is 0 Å². The molecule has 4 rings (SSSR count). The Labute approximate surface area is 141 Å². The quantitative estimate of drug-likeness (QED) is 0.847. The molecule has 3 aliphatic heterocycles. The Bertz CT molecular complexity index is 635. The fourth-order valence-corrected chi connectivity index (χ4v) is 4.35. The Balaban J connectivity index is 1.47. The Morgan fingerprint density at radius 1 is 1.25 bits per heavy atom. The maximum Gasteiger partial charge on any atom is 0.290 e. The number of carbonyl (C=O) groups excluding carboxylic acids is 2. The van der Waals surface area contributed by atoms with Gasteiger partial charge in [0.15, 0.2) is 5.76 Å². The second-order valence-corrected chi connectivity index (χ2v) is 7.16. The van der Waals surface area contributed by atoms with E-state index in [1.807, 2.05) is 16.7 Å². The van der Waals surface area contributed by atoms with Gasteiger partial charge in [-0.25, -0.2) is 0 Å². The molecule has 6 nitrogen and oxygen atoms in total. The molecule has 130 valence electrons. The van der Waals surface area contributed by atoms with E-state index < -0.39 is 0 Å². The molecule has 3 fully saturated rings. The van der Waals surface area contributed by atoms with Gasteiger partial charge in [0.2, 0.25) is 5.91 Å². The van der Waals surface area contributed by atoms with Crippen molar-refractivity contribution >= 4 is 11.8 Å². The average Bonchev–Trinajstić information content (AvgIpc) is 3.26. The third-order valence-electron chi connectivity index (χ3n) is 5.73. The van der Waals surface area contributed by atoms with E-state index >= 15 is 0 Å². The molecule has 0 N–H and O–H groups in total. The molecule has 2 atom stereocenters. The number of furan rings is 1. The van der Waals surface area contributed by atoms with Gasteiger partial charge in [-0.1, -0.05) is 0 Å². The Hall–Kier alpha value is -1.82. The molecule has 4 heterocycles. The lowest BCUT2D eigenvalue weighted by molar-refractivity contribution is -0.130. The number of aryl methyl sites for hydroxylation is 1. The van der Waals surface area contributed by atoms with Crippen LogP contribution in [0.15, 0.2) is 16.7 Å². The number of likely N-dealkylation sites (tertiary alicyclic amines) is 2. The summed E-state index contributed by atoms with van der Waals surface area (Å²) < 4.78 is 10.8. The number of hydrogen-bond acceptors (Lipinski definition) is 4. The van der Waals surface area contributed by atoms with Crippen LogP contribution >= 0.6 is 0 Å². The van der Waals surface area contributed by atoms with E-state index in [9.17, 15) is 9.59 Å². The van der Waals surface area contributed by atoms with Crippen LogP contribution in [0.2, 0.25) is 0 Å². The molecular formula is C18H24N2O4. The molecule has 3 aliphatic rings. The van der Waals surface area contributed by atoms with Crippen molar-refractivity contribution in [2.45, 2.75) is 44.7 Å². The summed E-state index contributed by atoms with van der Waals surface area (Å²) in [5.41, 5.74) is 0.854. The van der Waals surface area contributed by atoms with E-state index in [2.05, 4.69) is 0 Å². The van der Waals surface area contributed by atoms with Crippen LogP contribution in [0.4, 0.5) is 0 Å². The summed E-state index contributed by atoms with van der Waals surface area (Å²) in [6.07, 6.45) is 4.91. The highest BCUT2D eigenvalue weighted by Crippen LogP contribution is 2.35. The molecule has 0 aromatic carbocycles. The highest BCUT2D eigenvalue weighted by molar-refractivity contribution is 5.94. The molecule has 3 saturated heterocycles. The van der Waals surface area contributed by atoms with E-state index in [4.69, 9.17) is 9.15 Å². The number of ether oxygens (including phenoxy) is 1. The molecule has 2 amide bonds. The minimum absolute atomic E-state index is 0.00524. The van der Waals surface area contributed by atoms with Gasteiger partial charge in [-0.15, -0.1) is 0 Å². The summed E-state index contributed by atoms with van der Waals surface area (Å²) in [5, 5.41) is 0. The van der Waals surface area contributed by atoms with Crippen LogP contribution in [0.5, 0.6) is 0 Å². The smallest absolute Gasteiger partial charge is 0.290 e. The van der Waals surface area contributed by atoms with Crippen molar-refractivity contribution in [3.8, 4) is 0 Å². The Morgan fingerprint density at radius 3 is 2.75 bits per heavy atom. The minimum Gasteiger partial charge on any atom is -0.459 e. The number of amides is 2. The summed E-state index contributed by atoms with van der Waals surface area (Å²) in [6, 6.07) is 1.96. The molecule has 0 radical (unpaired) electrons. The maximum atomic E-state index is 12.8. The molecule has 0 bridgehead atoms. The molecule has 24 heavy (non-hydrogen) atoms. The Kier molecular flexibility index (Phi) is 4.08. The zero-order chi connectivity index (χ0) is 16.7. The fourth-order valence-electron chi connectivity index (χ4n) is 4.35. The van der Waals surface area contributed by atoms with Crippen molar-refractivity contribution in [3.63, 3.8) is 0 Å². The topological polar surface area (TPSA) is 63.0 Å². The van der Waals surface area contributed by atoms with E-state index in [1.165, 1.54) is 0 Å². The van der Waals surface area contributed by atoms with Gasteiger partial charge >= 0.3 is 0 Å². The first-order valence-electron chi connectivity index (χ1n) is 8.87. The number of hydrogen-bond donors (Lipinski definition) is 0. The fraction of sp³-hybridized carbons (Fsp3) is 0.667. The molecule has 0 unspecified atom stereocenters. The van der Waals surface area contributed by atoms with Crippen molar-refractivity contribution in [2.24, 2.45) is 5.92 Å². The third-order valence-corrected chi connectivity index (χ3v) is 5.73.